The van der Waals surface area contributed by atoms with E-state index in [1.54, 1.807) is 20.5 Å². The zero-order chi connectivity index (χ0) is 42.5. The summed E-state index contributed by atoms with van der Waals surface area (Å²) in [6, 6.07) is 56.2. The molecule has 0 amide bonds. The first-order valence-corrected chi connectivity index (χ1v) is 20.6. The van der Waals surface area contributed by atoms with Crippen LogP contribution in [-0.2, 0) is 20.6 Å². The minimum Gasteiger partial charge on any atom is -0.497 e. The molecule has 1 aliphatic rings. The Kier molecular flexibility index (Phi) is 11.5. The molecule has 4 atom stereocenters. The number of nitrogens with one attached hydrogen (secondary N) is 2. The van der Waals surface area contributed by atoms with Crippen molar-refractivity contribution in [3.8, 4) is 11.5 Å². The number of anilines is 1. The van der Waals surface area contributed by atoms with Gasteiger partial charge in [0.1, 0.15) is 41.2 Å². The Morgan fingerprint density at radius 1 is 0.613 bits per heavy atom. The number of fused-ring (bicyclic) bond motifs is 1. The van der Waals surface area contributed by atoms with E-state index in [9.17, 15) is 5.11 Å². The van der Waals surface area contributed by atoms with E-state index in [4.69, 9.17) is 33.9 Å². The Balaban J connectivity index is 1.08. The van der Waals surface area contributed by atoms with Gasteiger partial charge in [-0.05, 0) is 64.7 Å². The number of likely N-dealkylation sites (N-methyl/N-ethyl adjacent to an activating group) is 1. The molecule has 0 bridgehead atoms. The molecule has 312 valence electrons. The second kappa shape index (κ2) is 17.6. The van der Waals surface area contributed by atoms with Crippen LogP contribution in [0.1, 0.15) is 39.6 Å². The van der Waals surface area contributed by atoms with Gasteiger partial charge in [-0.1, -0.05) is 146 Å². The number of methoxy groups -OCH3 is 2. The predicted molar refractivity (Wildman–Crippen MR) is 239 cm³/mol. The van der Waals surface area contributed by atoms with Crippen molar-refractivity contribution in [1.29, 1.82) is 0 Å². The summed E-state index contributed by atoms with van der Waals surface area (Å²) in [7, 11) is 5.13. The molecule has 1 saturated heterocycles. The van der Waals surface area contributed by atoms with E-state index < -0.39 is 35.6 Å². The van der Waals surface area contributed by atoms with Gasteiger partial charge in [-0.15, -0.1) is 0 Å². The molecular weight excluding hydrogens is 777 g/mol. The van der Waals surface area contributed by atoms with Crippen molar-refractivity contribution >= 4 is 17.0 Å². The first-order chi connectivity index (χ1) is 30.5. The maximum atomic E-state index is 12.0. The Morgan fingerprint density at radius 3 is 1.58 bits per heavy atom. The average Bonchev–Trinajstić information content (AvgIpc) is 3.92. The minimum absolute atomic E-state index is 0.0542. The molecule has 6 aromatic carbocycles. The van der Waals surface area contributed by atoms with Gasteiger partial charge in [0.25, 0.3) is 0 Å². The van der Waals surface area contributed by atoms with Crippen LogP contribution in [0.4, 0.5) is 5.82 Å². The summed E-state index contributed by atoms with van der Waals surface area (Å²) in [6.07, 6.45) is 0.834. The third-order valence-electron chi connectivity index (χ3n) is 11.9. The molecule has 0 unspecified atom stereocenters. The van der Waals surface area contributed by atoms with E-state index >= 15 is 0 Å². The van der Waals surface area contributed by atoms with Gasteiger partial charge in [-0.25, -0.2) is 15.0 Å². The predicted octanol–water partition coefficient (Wildman–Crippen LogP) is 8.10. The SMILES string of the molecule is CN[C@@H]1[C@@H](O)[C@@H](COC(c2ccccc2)(c2ccccc2)c2ccc(OC)cc2)O[C@H]1n1cnc2c(NC(c3ccccc3)(c3ccccc3)c3ccc(OC)cc3)ncnc21. The van der Waals surface area contributed by atoms with E-state index in [-0.39, 0.29) is 6.61 Å². The fourth-order valence-corrected chi connectivity index (χ4v) is 8.80. The third-order valence-corrected chi connectivity index (χ3v) is 11.9. The molecule has 3 heterocycles. The van der Waals surface area contributed by atoms with Crippen molar-refractivity contribution < 1.29 is 24.1 Å². The highest BCUT2D eigenvalue weighted by molar-refractivity contribution is 5.84. The van der Waals surface area contributed by atoms with Crippen LogP contribution in [0.15, 0.2) is 183 Å². The molecule has 1 fully saturated rings. The van der Waals surface area contributed by atoms with Crippen LogP contribution < -0.4 is 20.1 Å². The summed E-state index contributed by atoms with van der Waals surface area (Å²) >= 11 is 0. The maximum Gasteiger partial charge on any atom is 0.167 e. The van der Waals surface area contributed by atoms with E-state index in [0.29, 0.717) is 17.0 Å². The number of imidazole rings is 1. The highest BCUT2D eigenvalue weighted by atomic mass is 16.6. The number of hydrogen-bond donors (Lipinski definition) is 3. The van der Waals surface area contributed by atoms with Crippen LogP contribution in [0.25, 0.3) is 11.2 Å². The van der Waals surface area contributed by atoms with Crippen LogP contribution in [0.3, 0.4) is 0 Å². The highest BCUT2D eigenvalue weighted by Gasteiger charge is 2.47. The lowest BCUT2D eigenvalue weighted by Gasteiger charge is -2.37. The molecular formula is C51H48N6O5. The van der Waals surface area contributed by atoms with Gasteiger partial charge in [0, 0.05) is 0 Å². The molecule has 11 nitrogen and oxygen atoms in total. The quantitative estimate of drug-likeness (QED) is 0.0874. The van der Waals surface area contributed by atoms with Crippen LogP contribution >= 0.6 is 0 Å². The van der Waals surface area contributed by atoms with Crippen molar-refractivity contribution in [1.82, 2.24) is 24.8 Å². The summed E-state index contributed by atoms with van der Waals surface area (Å²) in [5, 5.41) is 19.2. The lowest BCUT2D eigenvalue weighted by atomic mass is 9.77. The molecule has 0 radical (unpaired) electrons. The van der Waals surface area contributed by atoms with Crippen molar-refractivity contribution in [2.75, 3.05) is 33.2 Å². The first kappa shape index (κ1) is 40.5. The standard InChI is InChI=1S/C51H48N6O5/c1-52-44-46(58)43(32-61-51(38-20-12-6-13-21-38,39-22-14-7-15-23-39)40-26-30-42(60-3)31-27-40)62-49(44)57-34-55-45-47(53-33-54-48(45)57)56-50(35-16-8-4-9-17-35,36-18-10-5-11-19-36)37-24-28-41(59-2)29-25-37/h4-31,33-34,43-44,46,49,52,58H,32H2,1-3H3,(H,53,54,56)/t43-,44-,46+,49-/m1/s1. The molecule has 2 aromatic heterocycles. The van der Waals surface area contributed by atoms with Crippen molar-refractivity contribution in [2.45, 2.75) is 35.6 Å². The molecule has 62 heavy (non-hydrogen) atoms. The molecule has 0 saturated carbocycles. The largest absolute Gasteiger partial charge is 0.497 e. The number of nitrogens with zero attached hydrogens (tertiary/aromatic N) is 4. The molecule has 1 aliphatic heterocycles. The summed E-state index contributed by atoms with van der Waals surface area (Å²) in [6.45, 7) is 0.0542. The van der Waals surface area contributed by atoms with Crippen LogP contribution in [-0.4, -0.2) is 70.7 Å². The van der Waals surface area contributed by atoms with Crippen LogP contribution in [0, 0.1) is 0 Å². The number of ether oxygens (including phenoxy) is 4. The van der Waals surface area contributed by atoms with Gasteiger partial charge in [0.05, 0.1) is 33.2 Å². The van der Waals surface area contributed by atoms with Gasteiger partial charge in [0.2, 0.25) is 0 Å². The molecule has 9 rings (SSSR count). The molecule has 8 aromatic rings. The number of aliphatic hydroxyl groups is 1. The summed E-state index contributed by atoms with van der Waals surface area (Å²) in [5.41, 5.74) is 4.86. The van der Waals surface area contributed by atoms with Gasteiger partial charge in [-0.3, -0.25) is 4.57 Å². The number of benzene rings is 6. The van der Waals surface area contributed by atoms with Crippen molar-refractivity contribution in [3.05, 3.63) is 216 Å². The lowest BCUT2D eigenvalue weighted by molar-refractivity contribution is -0.0932. The number of aliphatic hydroxyl groups excluding tert-OH is 1. The fourth-order valence-electron chi connectivity index (χ4n) is 8.80. The molecule has 11 heteroatoms. The van der Waals surface area contributed by atoms with E-state index in [1.165, 1.54) is 6.33 Å². The molecule has 3 N–H and O–H groups in total. The Morgan fingerprint density at radius 2 is 1.08 bits per heavy atom. The normalized spacial score (nSPS) is 17.8. The Labute approximate surface area is 361 Å². The Bertz CT molecular complexity index is 2610. The number of hydrogen-bond acceptors (Lipinski definition) is 10. The van der Waals surface area contributed by atoms with E-state index in [0.717, 1.165) is 44.9 Å². The van der Waals surface area contributed by atoms with Crippen LogP contribution in [0.2, 0.25) is 0 Å². The molecule has 0 aliphatic carbocycles. The van der Waals surface area contributed by atoms with Gasteiger partial charge >= 0.3 is 0 Å². The minimum atomic E-state index is -1.05. The van der Waals surface area contributed by atoms with E-state index in [1.807, 2.05) is 121 Å². The van der Waals surface area contributed by atoms with Gasteiger partial charge in [-0.2, -0.15) is 0 Å². The van der Waals surface area contributed by atoms with Crippen molar-refractivity contribution in [2.24, 2.45) is 0 Å². The zero-order valence-corrected chi connectivity index (χ0v) is 34.7. The summed E-state index contributed by atoms with van der Waals surface area (Å²) < 4.78 is 26.9. The topological polar surface area (TPSA) is 125 Å². The third kappa shape index (κ3) is 7.24. The van der Waals surface area contributed by atoms with Gasteiger partial charge < -0.3 is 34.7 Å². The first-order valence-electron chi connectivity index (χ1n) is 20.6. The smallest absolute Gasteiger partial charge is 0.167 e. The average molecular weight is 825 g/mol. The van der Waals surface area contributed by atoms with Crippen molar-refractivity contribution in [3.63, 3.8) is 0 Å². The summed E-state index contributed by atoms with van der Waals surface area (Å²) in [5.74, 6) is 2.01. The van der Waals surface area contributed by atoms with Gasteiger partial charge in [0.15, 0.2) is 23.2 Å². The highest BCUT2D eigenvalue weighted by Crippen LogP contribution is 2.44. The second-order valence-electron chi connectivity index (χ2n) is 15.2. The maximum absolute atomic E-state index is 12.0. The van der Waals surface area contributed by atoms with E-state index in [2.05, 4.69) is 71.3 Å². The Hall–Kier alpha value is -6.89. The fraction of sp³-hybridized carbons (Fsp3) is 0.196. The zero-order valence-electron chi connectivity index (χ0n) is 34.7. The monoisotopic (exact) mass is 824 g/mol. The lowest BCUT2D eigenvalue weighted by Crippen LogP contribution is -2.43. The number of aromatic nitrogens is 4. The number of rotatable bonds is 15. The van der Waals surface area contributed by atoms with Crippen LogP contribution in [0.5, 0.6) is 11.5 Å². The second-order valence-corrected chi connectivity index (χ2v) is 15.2. The summed E-state index contributed by atoms with van der Waals surface area (Å²) in [4.78, 5) is 14.5. The molecule has 0 spiro atoms.